The predicted octanol–water partition coefficient (Wildman–Crippen LogP) is 3.82. The molecule has 4 nitrogen and oxygen atoms in total. The van der Waals surface area contributed by atoms with Gasteiger partial charge in [0.2, 0.25) is 12.7 Å². The highest BCUT2D eigenvalue weighted by Gasteiger charge is 2.41. The van der Waals surface area contributed by atoms with Crippen molar-refractivity contribution < 1.29 is 14.3 Å². The van der Waals surface area contributed by atoms with Crippen LogP contribution in [0.15, 0.2) is 18.2 Å². The third-order valence-corrected chi connectivity index (χ3v) is 4.81. The van der Waals surface area contributed by atoms with Crippen LogP contribution in [-0.2, 0) is 4.79 Å². The van der Waals surface area contributed by atoms with Gasteiger partial charge in [0.1, 0.15) is 0 Å². The number of nitrogens with one attached hydrogen (secondary N) is 1. The molecule has 0 saturated heterocycles. The normalized spacial score (nSPS) is 26.4. The maximum absolute atomic E-state index is 12.7. The quantitative estimate of drug-likeness (QED) is 0.900. The van der Waals surface area contributed by atoms with E-state index in [0.29, 0.717) is 11.7 Å². The van der Waals surface area contributed by atoms with Crippen molar-refractivity contribution in [2.45, 2.75) is 40.0 Å². The van der Waals surface area contributed by atoms with Crippen LogP contribution >= 0.6 is 0 Å². The largest absolute Gasteiger partial charge is 0.454 e. The summed E-state index contributed by atoms with van der Waals surface area (Å²) in [6.45, 7) is 6.84. The summed E-state index contributed by atoms with van der Waals surface area (Å²) in [4.78, 5) is 12.7. The van der Waals surface area contributed by atoms with Crippen molar-refractivity contribution in [3.8, 4) is 11.5 Å². The minimum atomic E-state index is 0.0525. The molecule has 2 atom stereocenters. The standard InChI is InChI=1S/C17H23NO3/c1-11-5-4-8-17(2,3)15(11)16(19)18-12-6-7-13-14(9-12)21-10-20-13/h6-7,9,11,15H,4-5,8,10H2,1-3H3,(H,18,19). The number of fused-ring (bicyclic) bond motifs is 1. The monoisotopic (exact) mass is 289 g/mol. The highest BCUT2D eigenvalue weighted by Crippen LogP contribution is 2.44. The molecule has 0 radical (unpaired) electrons. The van der Waals surface area contributed by atoms with Crippen molar-refractivity contribution >= 4 is 11.6 Å². The second kappa shape index (κ2) is 5.24. The van der Waals surface area contributed by atoms with Gasteiger partial charge >= 0.3 is 0 Å². The van der Waals surface area contributed by atoms with Gasteiger partial charge in [0.05, 0.1) is 0 Å². The molecule has 114 valence electrons. The summed E-state index contributed by atoms with van der Waals surface area (Å²) in [6.07, 6.45) is 3.45. The van der Waals surface area contributed by atoms with Gasteiger partial charge in [-0.05, 0) is 36.3 Å². The van der Waals surface area contributed by atoms with E-state index in [4.69, 9.17) is 9.47 Å². The summed E-state index contributed by atoms with van der Waals surface area (Å²) in [5, 5.41) is 3.05. The molecular formula is C17H23NO3. The SMILES string of the molecule is CC1CCCC(C)(C)C1C(=O)Nc1ccc2c(c1)OCO2. The smallest absolute Gasteiger partial charge is 0.231 e. The summed E-state index contributed by atoms with van der Waals surface area (Å²) in [6, 6.07) is 5.54. The maximum Gasteiger partial charge on any atom is 0.231 e. The Morgan fingerprint density at radius 2 is 2.05 bits per heavy atom. The van der Waals surface area contributed by atoms with E-state index < -0.39 is 0 Å². The molecule has 1 amide bonds. The van der Waals surface area contributed by atoms with E-state index in [9.17, 15) is 4.79 Å². The summed E-state index contributed by atoms with van der Waals surface area (Å²) < 4.78 is 10.6. The molecule has 1 aromatic rings. The lowest BCUT2D eigenvalue weighted by Crippen LogP contribution is -2.42. The van der Waals surface area contributed by atoms with Crippen LogP contribution in [0, 0.1) is 17.3 Å². The minimum Gasteiger partial charge on any atom is -0.454 e. The van der Waals surface area contributed by atoms with Gasteiger partial charge in [-0.3, -0.25) is 4.79 Å². The van der Waals surface area contributed by atoms with Crippen LogP contribution in [-0.4, -0.2) is 12.7 Å². The first-order chi connectivity index (χ1) is 9.97. The molecule has 3 rings (SSSR count). The topological polar surface area (TPSA) is 47.6 Å². The Balaban J connectivity index is 1.76. The average Bonchev–Trinajstić information content (AvgIpc) is 2.84. The number of ether oxygens (including phenoxy) is 2. The van der Waals surface area contributed by atoms with Gasteiger partial charge in [-0.15, -0.1) is 0 Å². The van der Waals surface area contributed by atoms with Crippen LogP contribution in [0.5, 0.6) is 11.5 Å². The average molecular weight is 289 g/mol. The lowest BCUT2D eigenvalue weighted by atomic mass is 9.64. The van der Waals surface area contributed by atoms with Crippen LogP contribution in [0.3, 0.4) is 0 Å². The highest BCUT2D eigenvalue weighted by molar-refractivity contribution is 5.93. The highest BCUT2D eigenvalue weighted by atomic mass is 16.7. The molecule has 1 N–H and O–H groups in total. The van der Waals surface area contributed by atoms with Crippen molar-refractivity contribution in [1.29, 1.82) is 0 Å². The third-order valence-electron chi connectivity index (χ3n) is 4.81. The number of rotatable bonds is 2. The van der Waals surface area contributed by atoms with Gasteiger partial charge in [-0.1, -0.05) is 27.2 Å². The number of amides is 1. The van der Waals surface area contributed by atoms with E-state index in [0.717, 1.165) is 24.3 Å². The number of anilines is 1. The van der Waals surface area contributed by atoms with Crippen LogP contribution in [0.1, 0.15) is 40.0 Å². The molecule has 1 saturated carbocycles. The Morgan fingerprint density at radius 1 is 1.29 bits per heavy atom. The fourth-order valence-electron chi connectivity index (χ4n) is 3.78. The molecule has 4 heteroatoms. The van der Waals surface area contributed by atoms with Crippen molar-refractivity contribution in [1.82, 2.24) is 0 Å². The van der Waals surface area contributed by atoms with Crippen LogP contribution < -0.4 is 14.8 Å². The Kier molecular flexibility index (Phi) is 3.56. The second-order valence-corrected chi connectivity index (χ2v) is 6.89. The zero-order valence-electron chi connectivity index (χ0n) is 12.9. The fraction of sp³-hybridized carbons (Fsp3) is 0.588. The summed E-state index contributed by atoms with van der Waals surface area (Å²) in [5.74, 6) is 2.02. The molecule has 1 fully saturated rings. The van der Waals surface area contributed by atoms with E-state index in [1.807, 2.05) is 18.2 Å². The molecule has 21 heavy (non-hydrogen) atoms. The molecule has 1 aliphatic heterocycles. The van der Waals surface area contributed by atoms with Gasteiger partial charge in [0.15, 0.2) is 11.5 Å². The van der Waals surface area contributed by atoms with Crippen molar-refractivity contribution in [3.63, 3.8) is 0 Å². The molecule has 1 aliphatic carbocycles. The van der Waals surface area contributed by atoms with Gasteiger partial charge in [0.25, 0.3) is 0 Å². The second-order valence-electron chi connectivity index (χ2n) is 6.89. The lowest BCUT2D eigenvalue weighted by Gasteiger charge is -2.41. The first-order valence-corrected chi connectivity index (χ1v) is 7.68. The number of benzene rings is 1. The zero-order chi connectivity index (χ0) is 15.0. The molecule has 2 aliphatic rings. The first-order valence-electron chi connectivity index (χ1n) is 7.68. The molecular weight excluding hydrogens is 266 g/mol. The van der Waals surface area contributed by atoms with Crippen LogP contribution in [0.4, 0.5) is 5.69 Å². The Morgan fingerprint density at radius 3 is 2.81 bits per heavy atom. The number of hydrogen-bond donors (Lipinski definition) is 1. The van der Waals surface area contributed by atoms with E-state index in [1.165, 1.54) is 6.42 Å². The van der Waals surface area contributed by atoms with Crippen LogP contribution in [0.25, 0.3) is 0 Å². The summed E-state index contributed by atoms with van der Waals surface area (Å²) >= 11 is 0. The fourth-order valence-corrected chi connectivity index (χ4v) is 3.78. The lowest BCUT2D eigenvalue weighted by molar-refractivity contribution is -0.127. The molecule has 2 unspecified atom stereocenters. The van der Waals surface area contributed by atoms with Crippen molar-refractivity contribution in [2.75, 3.05) is 12.1 Å². The van der Waals surface area contributed by atoms with E-state index in [2.05, 4.69) is 26.1 Å². The van der Waals surface area contributed by atoms with Gasteiger partial charge in [-0.2, -0.15) is 0 Å². The van der Waals surface area contributed by atoms with Gasteiger partial charge < -0.3 is 14.8 Å². The number of carbonyl (C=O) groups is 1. The third kappa shape index (κ3) is 2.71. The van der Waals surface area contributed by atoms with E-state index in [-0.39, 0.29) is 24.0 Å². The van der Waals surface area contributed by atoms with Gasteiger partial charge in [0, 0.05) is 17.7 Å². The Labute approximate surface area is 125 Å². The summed E-state index contributed by atoms with van der Waals surface area (Å²) in [7, 11) is 0. The molecule has 0 bridgehead atoms. The predicted molar refractivity (Wildman–Crippen MR) is 81.5 cm³/mol. The maximum atomic E-state index is 12.7. The van der Waals surface area contributed by atoms with Gasteiger partial charge in [-0.25, -0.2) is 0 Å². The van der Waals surface area contributed by atoms with E-state index >= 15 is 0 Å². The van der Waals surface area contributed by atoms with Crippen molar-refractivity contribution in [2.24, 2.45) is 17.3 Å². The van der Waals surface area contributed by atoms with Crippen molar-refractivity contribution in [3.05, 3.63) is 18.2 Å². The first kappa shape index (κ1) is 14.2. The molecule has 0 aromatic heterocycles. The minimum absolute atomic E-state index is 0.0525. The van der Waals surface area contributed by atoms with E-state index in [1.54, 1.807) is 0 Å². The van der Waals surface area contributed by atoms with Crippen LogP contribution in [0.2, 0.25) is 0 Å². The summed E-state index contributed by atoms with van der Waals surface area (Å²) in [5.41, 5.74) is 0.829. The Hall–Kier alpha value is -1.71. The zero-order valence-corrected chi connectivity index (χ0v) is 12.9. The number of hydrogen-bond acceptors (Lipinski definition) is 3. The molecule has 0 spiro atoms. The number of carbonyl (C=O) groups excluding carboxylic acids is 1. The molecule has 1 aromatic carbocycles. The molecule has 1 heterocycles. The Bertz CT molecular complexity index is 553.